The summed E-state index contributed by atoms with van der Waals surface area (Å²) in [5.74, 6) is 0.288. The minimum atomic E-state index is -0.478. The number of nitro benzene ring substituents is 1. The van der Waals surface area contributed by atoms with Crippen molar-refractivity contribution in [3.8, 4) is 5.75 Å². The number of hydrogen-bond donors (Lipinski definition) is 0. The zero-order chi connectivity index (χ0) is 18.0. The number of carbonyl (C=O) groups excluding carboxylic acids is 1. The van der Waals surface area contributed by atoms with Crippen LogP contribution in [0.15, 0.2) is 53.4 Å². The fourth-order valence-electron chi connectivity index (χ4n) is 2.36. The molecule has 6 nitrogen and oxygen atoms in total. The molecule has 0 aromatic heterocycles. The van der Waals surface area contributed by atoms with E-state index in [1.54, 1.807) is 42.5 Å². The smallest absolute Gasteiger partial charge is 0.276 e. The van der Waals surface area contributed by atoms with E-state index < -0.39 is 4.92 Å². The number of nitro groups is 1. The molecule has 1 amide bonds. The minimum absolute atomic E-state index is 0.0610. The number of thioether (sulfide) groups is 1. The maximum atomic E-state index is 12.7. The second kappa shape index (κ2) is 7.04. The van der Waals surface area contributed by atoms with Crippen molar-refractivity contribution >= 4 is 51.7 Å². The molecule has 1 aliphatic rings. The van der Waals surface area contributed by atoms with Gasteiger partial charge in [-0.15, -0.1) is 0 Å². The Balaban J connectivity index is 1.98. The molecular formula is C17H12N2O4S2. The predicted molar refractivity (Wildman–Crippen MR) is 102 cm³/mol. The van der Waals surface area contributed by atoms with E-state index in [1.807, 2.05) is 0 Å². The number of benzene rings is 2. The number of para-hydroxylation sites is 1. The molecule has 1 fully saturated rings. The van der Waals surface area contributed by atoms with Crippen LogP contribution in [0.1, 0.15) is 5.56 Å². The summed E-state index contributed by atoms with van der Waals surface area (Å²) in [6, 6.07) is 13.2. The lowest BCUT2D eigenvalue weighted by Gasteiger charge is -2.15. The van der Waals surface area contributed by atoms with Gasteiger partial charge in [0.25, 0.3) is 11.6 Å². The summed E-state index contributed by atoms with van der Waals surface area (Å²) in [6.07, 6.45) is 1.50. The zero-order valence-corrected chi connectivity index (χ0v) is 14.7. The second-order valence-corrected chi connectivity index (χ2v) is 6.71. The van der Waals surface area contributed by atoms with Crippen LogP contribution in [0, 0.1) is 10.1 Å². The molecular weight excluding hydrogens is 360 g/mol. The molecule has 1 aliphatic heterocycles. The summed E-state index contributed by atoms with van der Waals surface area (Å²) in [5, 5.41) is 11.1. The Kier molecular flexibility index (Phi) is 4.82. The van der Waals surface area contributed by atoms with Gasteiger partial charge in [-0.3, -0.25) is 19.8 Å². The standard InChI is InChI=1S/C17H12N2O4S2/c1-23-13-7-4-6-12(10-13)18-16(20)15(25-17(18)24)9-11-5-2-3-8-14(11)19(21)22/h2-10H,1H3. The molecule has 1 heterocycles. The fourth-order valence-corrected chi connectivity index (χ4v) is 3.65. The molecule has 8 heteroatoms. The lowest BCUT2D eigenvalue weighted by Crippen LogP contribution is -2.27. The lowest BCUT2D eigenvalue weighted by atomic mass is 10.1. The zero-order valence-electron chi connectivity index (χ0n) is 13.0. The number of methoxy groups -OCH3 is 1. The Morgan fingerprint density at radius 1 is 1.24 bits per heavy atom. The first-order chi connectivity index (χ1) is 12.0. The molecule has 0 spiro atoms. The average Bonchev–Trinajstić information content (AvgIpc) is 2.89. The highest BCUT2D eigenvalue weighted by molar-refractivity contribution is 8.27. The Labute approximate surface area is 153 Å². The molecule has 0 aliphatic carbocycles. The first-order valence-electron chi connectivity index (χ1n) is 7.16. The van der Waals surface area contributed by atoms with Crippen LogP contribution in [0.2, 0.25) is 0 Å². The Morgan fingerprint density at radius 3 is 2.72 bits per heavy atom. The SMILES string of the molecule is COc1cccc(N2C(=O)C(=Cc3ccccc3[N+](=O)[O-])SC2=S)c1. The van der Waals surface area contributed by atoms with Crippen molar-refractivity contribution in [2.75, 3.05) is 12.0 Å². The quantitative estimate of drug-likeness (QED) is 0.349. The Bertz CT molecular complexity index is 911. The van der Waals surface area contributed by atoms with E-state index in [0.29, 0.717) is 26.2 Å². The third-order valence-corrected chi connectivity index (χ3v) is 4.83. The van der Waals surface area contributed by atoms with Crippen molar-refractivity contribution in [1.29, 1.82) is 0 Å². The highest BCUT2D eigenvalue weighted by atomic mass is 32.2. The van der Waals surface area contributed by atoms with Gasteiger partial charge in [0.05, 0.1) is 28.2 Å². The number of thiocarbonyl (C=S) groups is 1. The first-order valence-corrected chi connectivity index (χ1v) is 8.39. The number of ether oxygens (including phenoxy) is 1. The van der Waals surface area contributed by atoms with Crippen molar-refractivity contribution < 1.29 is 14.5 Å². The molecule has 3 rings (SSSR count). The van der Waals surface area contributed by atoms with Crippen LogP contribution in [0.4, 0.5) is 11.4 Å². The molecule has 0 unspecified atom stereocenters. The fraction of sp³-hybridized carbons (Fsp3) is 0.0588. The van der Waals surface area contributed by atoms with Crippen molar-refractivity contribution in [3.05, 3.63) is 69.1 Å². The summed E-state index contributed by atoms with van der Waals surface area (Å²) in [4.78, 5) is 25.1. The molecule has 0 radical (unpaired) electrons. The van der Waals surface area contributed by atoms with Crippen LogP contribution in [0.25, 0.3) is 6.08 Å². The van der Waals surface area contributed by atoms with Crippen LogP contribution in [-0.2, 0) is 4.79 Å². The minimum Gasteiger partial charge on any atom is -0.497 e. The summed E-state index contributed by atoms with van der Waals surface area (Å²) in [7, 11) is 1.54. The summed E-state index contributed by atoms with van der Waals surface area (Å²) < 4.78 is 5.54. The third-order valence-electron chi connectivity index (χ3n) is 3.53. The van der Waals surface area contributed by atoms with Gasteiger partial charge in [0.1, 0.15) is 5.75 Å². The molecule has 0 N–H and O–H groups in total. The highest BCUT2D eigenvalue weighted by Crippen LogP contribution is 2.37. The lowest BCUT2D eigenvalue weighted by molar-refractivity contribution is -0.385. The third kappa shape index (κ3) is 3.40. The number of amides is 1. The van der Waals surface area contributed by atoms with E-state index in [4.69, 9.17) is 17.0 Å². The molecule has 126 valence electrons. The van der Waals surface area contributed by atoms with E-state index in [0.717, 1.165) is 11.8 Å². The van der Waals surface area contributed by atoms with Gasteiger partial charge in [0.15, 0.2) is 4.32 Å². The Hall–Kier alpha value is -2.71. The van der Waals surface area contributed by atoms with Gasteiger partial charge in [-0.05, 0) is 24.3 Å². The highest BCUT2D eigenvalue weighted by Gasteiger charge is 2.34. The number of nitrogens with zero attached hydrogens (tertiary/aromatic N) is 2. The molecule has 25 heavy (non-hydrogen) atoms. The molecule has 0 saturated carbocycles. The van der Waals surface area contributed by atoms with E-state index in [1.165, 1.54) is 24.2 Å². The number of rotatable bonds is 4. The van der Waals surface area contributed by atoms with Gasteiger partial charge >= 0.3 is 0 Å². The van der Waals surface area contributed by atoms with Crippen LogP contribution < -0.4 is 9.64 Å². The molecule has 1 saturated heterocycles. The van der Waals surface area contributed by atoms with Gasteiger partial charge in [0, 0.05) is 12.1 Å². The average molecular weight is 372 g/mol. The van der Waals surface area contributed by atoms with Gasteiger partial charge < -0.3 is 4.74 Å². The van der Waals surface area contributed by atoms with Gasteiger partial charge in [-0.25, -0.2) is 0 Å². The summed E-state index contributed by atoms with van der Waals surface area (Å²) in [5.41, 5.74) is 0.889. The second-order valence-electron chi connectivity index (χ2n) is 5.03. The number of hydrogen-bond acceptors (Lipinski definition) is 6. The van der Waals surface area contributed by atoms with Crippen LogP contribution >= 0.6 is 24.0 Å². The van der Waals surface area contributed by atoms with Crippen molar-refractivity contribution in [1.82, 2.24) is 0 Å². The van der Waals surface area contributed by atoms with E-state index in [-0.39, 0.29) is 11.6 Å². The largest absolute Gasteiger partial charge is 0.497 e. The maximum Gasteiger partial charge on any atom is 0.276 e. The van der Waals surface area contributed by atoms with Crippen molar-refractivity contribution in [2.24, 2.45) is 0 Å². The summed E-state index contributed by atoms with van der Waals surface area (Å²) >= 11 is 6.42. The molecule has 0 bridgehead atoms. The monoisotopic (exact) mass is 372 g/mol. The van der Waals surface area contributed by atoms with Crippen LogP contribution in [0.5, 0.6) is 5.75 Å². The molecule has 2 aromatic carbocycles. The van der Waals surface area contributed by atoms with Crippen molar-refractivity contribution in [3.63, 3.8) is 0 Å². The van der Waals surface area contributed by atoms with Crippen LogP contribution in [0.3, 0.4) is 0 Å². The first kappa shape index (κ1) is 17.1. The van der Waals surface area contributed by atoms with Crippen LogP contribution in [-0.4, -0.2) is 22.3 Å². The van der Waals surface area contributed by atoms with Gasteiger partial charge in [-0.2, -0.15) is 0 Å². The Morgan fingerprint density at radius 2 is 2.00 bits per heavy atom. The van der Waals surface area contributed by atoms with E-state index in [2.05, 4.69) is 0 Å². The van der Waals surface area contributed by atoms with Crippen molar-refractivity contribution in [2.45, 2.75) is 0 Å². The number of carbonyl (C=O) groups is 1. The number of anilines is 1. The predicted octanol–water partition coefficient (Wildman–Crippen LogP) is 4.01. The van der Waals surface area contributed by atoms with Gasteiger partial charge in [-0.1, -0.05) is 42.2 Å². The molecule has 2 aromatic rings. The van der Waals surface area contributed by atoms with E-state index in [9.17, 15) is 14.9 Å². The summed E-state index contributed by atoms with van der Waals surface area (Å²) in [6.45, 7) is 0. The topological polar surface area (TPSA) is 72.7 Å². The molecule has 0 atom stereocenters. The normalized spacial score (nSPS) is 15.7. The van der Waals surface area contributed by atoms with E-state index >= 15 is 0 Å². The van der Waals surface area contributed by atoms with Gasteiger partial charge in [0.2, 0.25) is 0 Å². The maximum absolute atomic E-state index is 12.7.